The number of carbonyl (C=O) groups is 1. The van der Waals surface area contributed by atoms with E-state index in [0.717, 1.165) is 13.0 Å². The molecule has 0 radical (unpaired) electrons. The molecule has 2 N–H and O–H groups in total. The van der Waals surface area contributed by atoms with E-state index >= 15 is 0 Å². The van der Waals surface area contributed by atoms with Crippen LogP contribution in [0.1, 0.15) is 48.6 Å². The van der Waals surface area contributed by atoms with Crippen LogP contribution in [0.3, 0.4) is 0 Å². The maximum absolute atomic E-state index is 12.3. The minimum atomic E-state index is -0.0803. The quantitative estimate of drug-likeness (QED) is 0.803. The van der Waals surface area contributed by atoms with Crippen LogP contribution >= 0.6 is 11.3 Å². The van der Waals surface area contributed by atoms with E-state index in [1.165, 1.54) is 15.3 Å². The van der Waals surface area contributed by atoms with Gasteiger partial charge < -0.3 is 15.5 Å². The molecule has 126 valence electrons. The Labute approximate surface area is 139 Å². The van der Waals surface area contributed by atoms with E-state index in [0.29, 0.717) is 5.92 Å². The zero-order valence-electron chi connectivity index (χ0n) is 15.0. The number of carbonyl (C=O) groups excluding carboxylic acids is 1. The number of likely N-dealkylation sites (N-methyl/N-ethyl adjacent to an activating group) is 1. The highest BCUT2D eigenvalue weighted by Crippen LogP contribution is 2.26. The topological polar surface area (TPSA) is 44.4 Å². The third-order valence-electron chi connectivity index (χ3n) is 3.57. The van der Waals surface area contributed by atoms with E-state index in [9.17, 15) is 4.79 Å². The maximum Gasteiger partial charge on any atom is 0.315 e. The van der Waals surface area contributed by atoms with Crippen molar-refractivity contribution in [2.24, 2.45) is 5.92 Å². The van der Waals surface area contributed by atoms with Crippen molar-refractivity contribution in [2.75, 3.05) is 20.6 Å². The first-order valence-electron chi connectivity index (χ1n) is 7.97. The summed E-state index contributed by atoms with van der Waals surface area (Å²) in [7, 11) is 4.07. The second kappa shape index (κ2) is 8.53. The van der Waals surface area contributed by atoms with Crippen molar-refractivity contribution in [1.29, 1.82) is 0 Å². The molecule has 2 amide bonds. The predicted octanol–water partition coefficient (Wildman–Crippen LogP) is 3.70. The molecule has 1 rings (SSSR count). The smallest absolute Gasteiger partial charge is 0.315 e. The van der Waals surface area contributed by atoms with Crippen LogP contribution in [-0.4, -0.2) is 37.6 Å². The highest BCUT2D eigenvalue weighted by molar-refractivity contribution is 7.12. The molecule has 1 aromatic heterocycles. The minimum absolute atomic E-state index is 0.0315. The summed E-state index contributed by atoms with van der Waals surface area (Å²) in [5.74, 6) is 0.560. The molecule has 1 heterocycles. The van der Waals surface area contributed by atoms with Gasteiger partial charge in [-0.3, -0.25) is 0 Å². The molecular formula is C17H31N3OS. The molecule has 0 saturated carbocycles. The first-order valence-corrected chi connectivity index (χ1v) is 8.79. The molecule has 0 fully saturated rings. The molecular weight excluding hydrogens is 294 g/mol. The number of urea groups is 1. The van der Waals surface area contributed by atoms with Crippen molar-refractivity contribution in [3.05, 3.63) is 21.4 Å². The third kappa shape index (κ3) is 6.36. The number of aryl methyl sites for hydroxylation is 2. The van der Waals surface area contributed by atoms with Crippen LogP contribution in [0.15, 0.2) is 6.07 Å². The first kappa shape index (κ1) is 19.0. The van der Waals surface area contributed by atoms with Crippen LogP contribution in [0.2, 0.25) is 0 Å². The molecule has 0 aliphatic carbocycles. The van der Waals surface area contributed by atoms with Gasteiger partial charge in [0.2, 0.25) is 0 Å². The van der Waals surface area contributed by atoms with E-state index in [1.807, 2.05) is 21.0 Å². The van der Waals surface area contributed by atoms with Crippen molar-refractivity contribution in [3.63, 3.8) is 0 Å². The average Bonchev–Trinajstić information content (AvgIpc) is 2.66. The van der Waals surface area contributed by atoms with Crippen LogP contribution < -0.4 is 10.6 Å². The van der Waals surface area contributed by atoms with Crippen LogP contribution in [-0.2, 0) is 0 Å². The molecule has 0 aliphatic rings. The van der Waals surface area contributed by atoms with Gasteiger partial charge in [-0.1, -0.05) is 13.8 Å². The van der Waals surface area contributed by atoms with Gasteiger partial charge in [-0.25, -0.2) is 4.79 Å². The largest absolute Gasteiger partial charge is 0.334 e. The SMILES string of the molecule is Cc1cc(C(C)NC(=O)NC(CC(C)C)CN(C)C)c(C)s1. The lowest BCUT2D eigenvalue weighted by Crippen LogP contribution is -2.47. The van der Waals surface area contributed by atoms with Gasteiger partial charge in [0.05, 0.1) is 6.04 Å². The summed E-state index contributed by atoms with van der Waals surface area (Å²) in [6.07, 6.45) is 0.983. The molecule has 2 unspecified atom stereocenters. The Morgan fingerprint density at radius 2 is 1.86 bits per heavy atom. The molecule has 0 aliphatic heterocycles. The zero-order chi connectivity index (χ0) is 16.9. The Kier molecular flexibility index (Phi) is 7.36. The van der Waals surface area contributed by atoms with E-state index in [2.05, 4.69) is 49.3 Å². The summed E-state index contributed by atoms with van der Waals surface area (Å²) in [4.78, 5) is 17.0. The lowest BCUT2D eigenvalue weighted by atomic mass is 10.0. The number of rotatable bonds is 7. The zero-order valence-corrected chi connectivity index (χ0v) is 15.8. The Hall–Kier alpha value is -1.07. The lowest BCUT2D eigenvalue weighted by Gasteiger charge is -2.25. The van der Waals surface area contributed by atoms with E-state index in [1.54, 1.807) is 11.3 Å². The fourth-order valence-electron chi connectivity index (χ4n) is 2.77. The van der Waals surface area contributed by atoms with Crippen molar-refractivity contribution in [1.82, 2.24) is 15.5 Å². The number of thiophene rings is 1. The van der Waals surface area contributed by atoms with Gasteiger partial charge in [0.15, 0.2) is 0 Å². The van der Waals surface area contributed by atoms with E-state index in [-0.39, 0.29) is 18.1 Å². The standard InChI is InChI=1S/C17H31N3OS/c1-11(2)8-15(10-20(6)7)19-17(21)18-13(4)16-9-12(3)22-14(16)5/h9,11,13,15H,8,10H2,1-7H3,(H2,18,19,21). The van der Waals surface area contributed by atoms with Gasteiger partial charge in [0.25, 0.3) is 0 Å². The fourth-order valence-corrected chi connectivity index (χ4v) is 3.79. The van der Waals surface area contributed by atoms with Gasteiger partial charge in [-0.05, 0) is 58.8 Å². The van der Waals surface area contributed by atoms with E-state index in [4.69, 9.17) is 0 Å². The molecule has 0 saturated heterocycles. The molecule has 1 aromatic rings. The molecule has 0 bridgehead atoms. The van der Waals surface area contributed by atoms with Crippen molar-refractivity contribution in [2.45, 2.75) is 53.1 Å². The van der Waals surface area contributed by atoms with E-state index < -0.39 is 0 Å². The highest BCUT2D eigenvalue weighted by Gasteiger charge is 2.18. The highest BCUT2D eigenvalue weighted by atomic mass is 32.1. The number of hydrogen-bond acceptors (Lipinski definition) is 3. The van der Waals surface area contributed by atoms with Crippen LogP contribution in [0.4, 0.5) is 4.79 Å². The average molecular weight is 326 g/mol. The summed E-state index contributed by atoms with van der Waals surface area (Å²) in [5, 5.41) is 6.18. The van der Waals surface area contributed by atoms with Crippen molar-refractivity contribution < 1.29 is 4.79 Å². The maximum atomic E-state index is 12.3. The second-order valence-electron chi connectivity index (χ2n) is 6.80. The molecule has 0 spiro atoms. The monoisotopic (exact) mass is 325 g/mol. The Morgan fingerprint density at radius 3 is 2.32 bits per heavy atom. The predicted molar refractivity (Wildman–Crippen MR) is 95.7 cm³/mol. The van der Waals surface area contributed by atoms with Gasteiger partial charge >= 0.3 is 6.03 Å². The molecule has 5 heteroatoms. The second-order valence-corrected chi connectivity index (χ2v) is 8.26. The molecule has 22 heavy (non-hydrogen) atoms. The number of amides is 2. The van der Waals surface area contributed by atoms with Crippen molar-refractivity contribution >= 4 is 17.4 Å². The summed E-state index contributed by atoms with van der Waals surface area (Å²) in [6.45, 7) is 11.5. The summed E-state index contributed by atoms with van der Waals surface area (Å²) < 4.78 is 0. The molecule has 2 atom stereocenters. The lowest BCUT2D eigenvalue weighted by molar-refractivity contribution is 0.226. The third-order valence-corrected chi connectivity index (χ3v) is 4.55. The van der Waals surface area contributed by atoms with Crippen molar-refractivity contribution in [3.8, 4) is 0 Å². The van der Waals surface area contributed by atoms with Crippen LogP contribution in [0, 0.1) is 19.8 Å². The van der Waals surface area contributed by atoms with Gasteiger partial charge in [-0.15, -0.1) is 11.3 Å². The number of nitrogens with zero attached hydrogens (tertiary/aromatic N) is 1. The Morgan fingerprint density at radius 1 is 1.23 bits per heavy atom. The van der Waals surface area contributed by atoms with Gasteiger partial charge in [0.1, 0.15) is 0 Å². The van der Waals surface area contributed by atoms with Crippen LogP contribution in [0.5, 0.6) is 0 Å². The Balaban J connectivity index is 2.60. The molecule has 0 aromatic carbocycles. The normalized spacial score (nSPS) is 14.2. The van der Waals surface area contributed by atoms with Crippen LogP contribution in [0.25, 0.3) is 0 Å². The Bertz CT molecular complexity index is 472. The molecule has 4 nitrogen and oxygen atoms in total. The summed E-state index contributed by atoms with van der Waals surface area (Å²) >= 11 is 1.78. The summed E-state index contributed by atoms with van der Waals surface area (Å²) in [6, 6.07) is 2.29. The number of nitrogens with one attached hydrogen (secondary N) is 2. The van der Waals surface area contributed by atoms with Gasteiger partial charge in [0, 0.05) is 22.3 Å². The number of hydrogen-bond donors (Lipinski definition) is 2. The minimum Gasteiger partial charge on any atom is -0.334 e. The summed E-state index contributed by atoms with van der Waals surface area (Å²) in [5.41, 5.74) is 1.21. The first-order chi connectivity index (χ1) is 10.2. The fraction of sp³-hybridized carbons (Fsp3) is 0.706. The van der Waals surface area contributed by atoms with Gasteiger partial charge in [-0.2, -0.15) is 0 Å².